The van der Waals surface area contributed by atoms with Crippen molar-refractivity contribution in [1.82, 2.24) is 0 Å². The van der Waals surface area contributed by atoms with Gasteiger partial charge in [0, 0.05) is 16.2 Å². The van der Waals surface area contributed by atoms with Crippen LogP contribution in [0.5, 0.6) is 0 Å². The molecule has 0 aromatic heterocycles. The van der Waals surface area contributed by atoms with Crippen LogP contribution < -0.4 is 5.18 Å². The maximum Gasteiger partial charge on any atom is 0.264 e. The van der Waals surface area contributed by atoms with Crippen LogP contribution in [0.25, 0.3) is 0 Å². The van der Waals surface area contributed by atoms with Crippen molar-refractivity contribution in [3.05, 3.63) is 34.5 Å². The van der Waals surface area contributed by atoms with E-state index in [4.69, 9.17) is 0 Å². The van der Waals surface area contributed by atoms with E-state index in [0.717, 1.165) is 12.1 Å². The number of carbonyl (C=O) groups is 1. The molecule has 0 unspecified atom stereocenters. The van der Waals surface area contributed by atoms with Crippen molar-refractivity contribution in [2.45, 2.75) is 0 Å². The quantitative estimate of drug-likeness (QED) is 0.615. The monoisotopic (exact) mass is 154 g/mol. The van der Waals surface area contributed by atoms with Crippen LogP contribution >= 0.6 is 0 Å². The minimum atomic E-state index is -0.536. The maximum absolute atomic E-state index is 12.4. The van der Waals surface area contributed by atoms with Gasteiger partial charge in [-0.05, 0) is 12.1 Å². The highest BCUT2D eigenvalue weighted by atomic mass is 19.1. The third kappa shape index (κ3) is 1.46. The highest BCUT2D eigenvalue weighted by Crippen LogP contribution is 2.08. The Morgan fingerprint density at radius 3 is 2.73 bits per heavy atom. The lowest BCUT2D eigenvalue weighted by Gasteiger charge is -1.88. The molecular formula is C7H5FNO2+. The van der Waals surface area contributed by atoms with E-state index in [1.165, 1.54) is 11.2 Å². The molecule has 0 fully saturated rings. The molecule has 3 nitrogen and oxygen atoms in total. The van der Waals surface area contributed by atoms with Gasteiger partial charge in [-0.2, -0.15) is 0 Å². The molecule has 0 saturated carbocycles. The third-order valence-corrected chi connectivity index (χ3v) is 1.25. The Labute approximate surface area is 61.8 Å². The lowest BCUT2D eigenvalue weighted by atomic mass is 10.2. The molecule has 0 saturated heterocycles. The van der Waals surface area contributed by atoms with E-state index >= 15 is 0 Å². The topological polar surface area (TPSA) is 48.1 Å². The minimum Gasteiger partial charge on any atom is -0.298 e. The number of hydrogen-bond acceptors (Lipinski definition) is 2. The predicted octanol–water partition coefficient (Wildman–Crippen LogP) is 0.117. The molecular weight excluding hydrogens is 149 g/mol. The molecule has 4 heteroatoms. The maximum atomic E-state index is 12.4. The van der Waals surface area contributed by atoms with Crippen molar-refractivity contribution in [2.75, 3.05) is 0 Å². The van der Waals surface area contributed by atoms with E-state index in [1.54, 1.807) is 0 Å². The Morgan fingerprint density at radius 1 is 1.45 bits per heavy atom. The summed E-state index contributed by atoms with van der Waals surface area (Å²) in [4.78, 5) is 20.3. The molecule has 0 amide bonds. The average Bonchev–Trinajstić information content (AvgIpc) is 2.04. The van der Waals surface area contributed by atoms with E-state index in [-0.39, 0.29) is 11.3 Å². The van der Waals surface area contributed by atoms with Crippen LogP contribution in [0.1, 0.15) is 10.4 Å². The first-order chi connectivity index (χ1) is 5.27. The van der Waals surface area contributed by atoms with Gasteiger partial charge in [0.1, 0.15) is 5.82 Å². The summed E-state index contributed by atoms with van der Waals surface area (Å²) in [7, 11) is 0. The SMILES string of the molecule is O=Cc1cc(F)ccc1[NH+]=O. The first kappa shape index (κ1) is 7.53. The molecule has 0 heterocycles. The molecule has 0 atom stereocenters. The summed E-state index contributed by atoms with van der Waals surface area (Å²) >= 11 is 0. The van der Waals surface area contributed by atoms with Crippen molar-refractivity contribution in [3.8, 4) is 0 Å². The van der Waals surface area contributed by atoms with Crippen LogP contribution in [0.4, 0.5) is 10.1 Å². The second kappa shape index (κ2) is 3.01. The summed E-state index contributed by atoms with van der Waals surface area (Å²) in [6.45, 7) is 0. The summed E-state index contributed by atoms with van der Waals surface area (Å²) in [5, 5.41) is 1.53. The number of nitroso groups, excluding NO2 is 1. The highest BCUT2D eigenvalue weighted by Gasteiger charge is 2.07. The first-order valence-electron chi connectivity index (χ1n) is 2.91. The van der Waals surface area contributed by atoms with Crippen LogP contribution in [-0.4, -0.2) is 6.29 Å². The molecule has 56 valence electrons. The molecule has 0 aliphatic heterocycles. The molecule has 1 rings (SSSR count). The zero-order chi connectivity index (χ0) is 8.27. The van der Waals surface area contributed by atoms with Crippen molar-refractivity contribution < 1.29 is 14.4 Å². The van der Waals surface area contributed by atoms with Crippen molar-refractivity contribution >= 4 is 12.0 Å². The fourth-order valence-electron chi connectivity index (χ4n) is 0.724. The number of benzene rings is 1. The smallest absolute Gasteiger partial charge is 0.264 e. The molecule has 0 aliphatic carbocycles. The molecule has 0 spiro atoms. The second-order valence-corrected chi connectivity index (χ2v) is 1.95. The van der Waals surface area contributed by atoms with Gasteiger partial charge in [-0.1, -0.05) is 0 Å². The number of halogens is 1. The van der Waals surface area contributed by atoms with Crippen LogP contribution in [0.2, 0.25) is 0 Å². The minimum absolute atomic E-state index is 0.0278. The zero-order valence-electron chi connectivity index (χ0n) is 5.50. The van der Waals surface area contributed by atoms with Crippen molar-refractivity contribution in [1.29, 1.82) is 0 Å². The Morgan fingerprint density at radius 2 is 2.18 bits per heavy atom. The Balaban J connectivity index is 3.26. The average molecular weight is 154 g/mol. The van der Waals surface area contributed by atoms with Gasteiger partial charge in [-0.15, -0.1) is 0 Å². The van der Waals surface area contributed by atoms with Crippen molar-refractivity contribution in [2.24, 2.45) is 0 Å². The standard InChI is InChI=1S/C7H4FNO2/c8-6-1-2-7(9-11)5(3-6)4-10/h1-4H/p+1. The molecule has 11 heavy (non-hydrogen) atoms. The highest BCUT2D eigenvalue weighted by molar-refractivity contribution is 5.80. The van der Waals surface area contributed by atoms with Gasteiger partial charge in [-0.25, -0.2) is 4.39 Å². The Bertz CT molecular complexity index is 298. The summed E-state index contributed by atoms with van der Waals surface area (Å²) < 4.78 is 12.4. The Kier molecular flexibility index (Phi) is 2.06. The number of nitrogens with one attached hydrogen (secondary N) is 1. The van der Waals surface area contributed by atoms with E-state index in [1.807, 2.05) is 0 Å². The van der Waals surface area contributed by atoms with Gasteiger partial charge in [0.05, 0.1) is 5.56 Å². The number of aldehydes is 1. The second-order valence-electron chi connectivity index (χ2n) is 1.95. The first-order valence-corrected chi connectivity index (χ1v) is 2.91. The van der Waals surface area contributed by atoms with E-state index in [9.17, 15) is 14.1 Å². The number of carbonyl (C=O) groups excluding carboxylic acids is 1. The number of hydrogen-bond donors (Lipinski definition) is 1. The van der Waals surface area contributed by atoms with Gasteiger partial charge < -0.3 is 0 Å². The van der Waals surface area contributed by atoms with Gasteiger partial charge in [-0.3, -0.25) is 4.79 Å². The van der Waals surface area contributed by atoms with Crippen LogP contribution in [0.15, 0.2) is 18.2 Å². The lowest BCUT2D eigenvalue weighted by Crippen LogP contribution is -2.56. The van der Waals surface area contributed by atoms with Gasteiger partial charge >= 0.3 is 0 Å². The summed E-state index contributed by atoms with van der Waals surface area (Å²) in [6.07, 6.45) is 0.420. The van der Waals surface area contributed by atoms with Crippen LogP contribution in [-0.2, 0) is 0 Å². The van der Waals surface area contributed by atoms with Gasteiger partial charge in [0.25, 0.3) is 5.69 Å². The molecule has 1 aromatic rings. The largest absolute Gasteiger partial charge is 0.298 e. The number of rotatable bonds is 2. The summed E-state index contributed by atoms with van der Waals surface area (Å²) in [5.74, 6) is -0.536. The summed E-state index contributed by atoms with van der Waals surface area (Å²) in [6, 6.07) is 3.31. The molecule has 0 bridgehead atoms. The predicted molar refractivity (Wildman–Crippen MR) is 35.8 cm³/mol. The zero-order valence-corrected chi connectivity index (χ0v) is 5.50. The van der Waals surface area contributed by atoms with Crippen LogP contribution in [0, 0.1) is 10.7 Å². The summed E-state index contributed by atoms with van der Waals surface area (Å²) in [5.41, 5.74) is 0.112. The Hall–Kier alpha value is -1.58. The molecule has 0 aliphatic rings. The van der Waals surface area contributed by atoms with E-state index in [0.29, 0.717) is 6.29 Å². The van der Waals surface area contributed by atoms with E-state index in [2.05, 4.69) is 0 Å². The molecule has 1 aromatic carbocycles. The van der Waals surface area contributed by atoms with Crippen molar-refractivity contribution in [3.63, 3.8) is 0 Å². The van der Waals surface area contributed by atoms with E-state index < -0.39 is 5.82 Å². The van der Waals surface area contributed by atoms with Crippen LogP contribution in [0.3, 0.4) is 0 Å². The fraction of sp³-hybridized carbons (Fsp3) is 0. The lowest BCUT2D eigenvalue weighted by molar-refractivity contribution is -0.379. The molecule has 1 N–H and O–H groups in total. The van der Waals surface area contributed by atoms with Gasteiger partial charge in [0.15, 0.2) is 6.29 Å². The van der Waals surface area contributed by atoms with Gasteiger partial charge in [0.2, 0.25) is 0 Å². The molecule has 0 radical (unpaired) electrons. The fourth-order valence-corrected chi connectivity index (χ4v) is 0.724. The third-order valence-electron chi connectivity index (χ3n) is 1.25. The normalized spacial score (nSPS) is 9.18.